The van der Waals surface area contributed by atoms with Crippen LogP contribution >= 0.6 is 11.3 Å². The third-order valence-electron chi connectivity index (χ3n) is 3.45. The number of nitrogens with one attached hydrogen (secondary N) is 1. The Morgan fingerprint density at radius 3 is 2.70 bits per heavy atom. The van der Waals surface area contributed by atoms with E-state index in [1.54, 1.807) is 0 Å². The molecule has 2 aromatic heterocycles. The Hall–Kier alpha value is -1.13. The van der Waals surface area contributed by atoms with Crippen LogP contribution in [0.25, 0.3) is 0 Å². The van der Waals surface area contributed by atoms with Crippen LogP contribution in [0.1, 0.15) is 56.3 Å². The van der Waals surface area contributed by atoms with E-state index in [0.29, 0.717) is 6.04 Å². The van der Waals surface area contributed by atoms with Gasteiger partial charge in [0.2, 0.25) is 0 Å². The summed E-state index contributed by atoms with van der Waals surface area (Å²) < 4.78 is 1.92. The molecule has 0 aromatic carbocycles. The molecule has 0 aliphatic rings. The van der Waals surface area contributed by atoms with E-state index in [0.717, 1.165) is 13.0 Å². The van der Waals surface area contributed by atoms with Crippen molar-refractivity contribution >= 4 is 11.3 Å². The molecule has 0 aliphatic carbocycles. The predicted octanol–water partition coefficient (Wildman–Crippen LogP) is 4.02. The number of nitrogens with zero attached hydrogens (tertiary/aromatic N) is 2. The molecule has 1 N–H and O–H groups in total. The normalized spacial score (nSPS) is 13.7. The molecule has 0 aliphatic heterocycles. The first-order valence-corrected chi connectivity index (χ1v) is 8.09. The minimum Gasteiger partial charge on any atom is -0.305 e. The molecule has 20 heavy (non-hydrogen) atoms. The quantitative estimate of drug-likeness (QED) is 0.901. The van der Waals surface area contributed by atoms with Gasteiger partial charge in [-0.2, -0.15) is 5.10 Å². The standard InChI is InChI=1S/C16H25N3S/c1-6-13(14-8-7-9-20-14)17-10-12-11-19(5)18-15(12)16(2,3)4/h7-9,11,13,17H,6,10H2,1-5H3. The summed E-state index contributed by atoms with van der Waals surface area (Å²) in [6.45, 7) is 9.75. The van der Waals surface area contributed by atoms with Crippen molar-refractivity contribution in [3.8, 4) is 0 Å². The van der Waals surface area contributed by atoms with Gasteiger partial charge in [0.25, 0.3) is 0 Å². The van der Waals surface area contributed by atoms with Crippen LogP contribution in [0.4, 0.5) is 0 Å². The second-order valence-corrected chi connectivity index (χ2v) is 7.26. The molecular formula is C16H25N3S. The zero-order valence-corrected chi connectivity index (χ0v) is 13.9. The lowest BCUT2D eigenvalue weighted by Crippen LogP contribution is -2.22. The monoisotopic (exact) mass is 291 g/mol. The van der Waals surface area contributed by atoms with Crippen molar-refractivity contribution in [2.75, 3.05) is 0 Å². The Kier molecular flexibility index (Phi) is 4.66. The van der Waals surface area contributed by atoms with Gasteiger partial charge in [-0.1, -0.05) is 33.8 Å². The highest BCUT2D eigenvalue weighted by Crippen LogP contribution is 2.26. The second-order valence-electron chi connectivity index (χ2n) is 6.28. The highest BCUT2D eigenvalue weighted by atomic mass is 32.1. The molecule has 2 aromatic rings. The summed E-state index contributed by atoms with van der Waals surface area (Å²) >= 11 is 1.82. The number of hydrogen-bond donors (Lipinski definition) is 1. The van der Waals surface area contributed by atoms with Gasteiger partial charge in [-0.15, -0.1) is 11.3 Å². The molecule has 0 amide bonds. The molecule has 0 radical (unpaired) electrons. The molecule has 2 heterocycles. The van der Waals surface area contributed by atoms with E-state index in [2.05, 4.69) is 61.8 Å². The second kappa shape index (κ2) is 6.10. The Balaban J connectivity index is 2.11. The number of aromatic nitrogens is 2. The van der Waals surface area contributed by atoms with Crippen LogP contribution in [0.15, 0.2) is 23.7 Å². The molecule has 1 unspecified atom stereocenters. The fourth-order valence-corrected chi connectivity index (χ4v) is 3.35. The van der Waals surface area contributed by atoms with Crippen molar-refractivity contribution in [2.45, 2.75) is 52.1 Å². The van der Waals surface area contributed by atoms with Gasteiger partial charge >= 0.3 is 0 Å². The molecule has 0 spiro atoms. The van der Waals surface area contributed by atoms with Gasteiger partial charge in [0.05, 0.1) is 5.69 Å². The first kappa shape index (κ1) is 15.3. The fraction of sp³-hybridized carbons (Fsp3) is 0.562. The summed E-state index contributed by atoms with van der Waals surface area (Å²) in [7, 11) is 2.00. The summed E-state index contributed by atoms with van der Waals surface area (Å²) in [6, 6.07) is 4.76. The van der Waals surface area contributed by atoms with Crippen molar-refractivity contribution < 1.29 is 0 Å². The van der Waals surface area contributed by atoms with Crippen LogP contribution in [0, 0.1) is 0 Å². The zero-order chi connectivity index (χ0) is 14.8. The van der Waals surface area contributed by atoms with Crippen LogP contribution < -0.4 is 5.32 Å². The molecule has 3 nitrogen and oxygen atoms in total. The molecule has 110 valence electrons. The van der Waals surface area contributed by atoms with E-state index in [4.69, 9.17) is 0 Å². The maximum atomic E-state index is 4.63. The largest absolute Gasteiger partial charge is 0.305 e. The van der Waals surface area contributed by atoms with Gasteiger partial charge < -0.3 is 5.32 Å². The van der Waals surface area contributed by atoms with Crippen LogP contribution in [0.5, 0.6) is 0 Å². The Labute approximate surface area is 126 Å². The summed E-state index contributed by atoms with van der Waals surface area (Å²) in [5.41, 5.74) is 2.58. The van der Waals surface area contributed by atoms with Gasteiger partial charge in [-0.25, -0.2) is 0 Å². The summed E-state index contributed by atoms with van der Waals surface area (Å²) in [5.74, 6) is 0. The third-order valence-corrected chi connectivity index (χ3v) is 4.43. The minimum atomic E-state index is 0.0862. The van der Waals surface area contributed by atoms with Crippen molar-refractivity contribution in [3.63, 3.8) is 0 Å². The van der Waals surface area contributed by atoms with Gasteiger partial charge in [0, 0.05) is 41.7 Å². The smallest absolute Gasteiger partial charge is 0.0722 e. The third kappa shape index (κ3) is 3.49. The van der Waals surface area contributed by atoms with E-state index in [1.807, 2.05) is 23.1 Å². The Bertz CT molecular complexity index is 535. The van der Waals surface area contributed by atoms with Crippen molar-refractivity contribution in [3.05, 3.63) is 39.8 Å². The van der Waals surface area contributed by atoms with Gasteiger partial charge in [0.1, 0.15) is 0 Å². The van der Waals surface area contributed by atoms with Crippen LogP contribution in [0.3, 0.4) is 0 Å². The number of thiophene rings is 1. The maximum Gasteiger partial charge on any atom is 0.0722 e. The summed E-state index contributed by atoms with van der Waals surface area (Å²) in [5, 5.41) is 10.4. The summed E-state index contributed by atoms with van der Waals surface area (Å²) in [6.07, 6.45) is 3.24. The molecule has 0 saturated heterocycles. The van der Waals surface area contributed by atoms with Gasteiger partial charge in [0.15, 0.2) is 0 Å². The molecule has 0 bridgehead atoms. The van der Waals surface area contributed by atoms with Crippen molar-refractivity contribution in [2.24, 2.45) is 7.05 Å². The van der Waals surface area contributed by atoms with E-state index < -0.39 is 0 Å². The lowest BCUT2D eigenvalue weighted by atomic mass is 9.89. The molecule has 0 fully saturated rings. The highest BCUT2D eigenvalue weighted by molar-refractivity contribution is 7.10. The van der Waals surface area contributed by atoms with Gasteiger partial charge in [-0.05, 0) is 17.9 Å². The molecule has 4 heteroatoms. The Morgan fingerprint density at radius 2 is 2.15 bits per heavy atom. The lowest BCUT2D eigenvalue weighted by molar-refractivity contribution is 0.510. The van der Waals surface area contributed by atoms with Crippen molar-refractivity contribution in [1.29, 1.82) is 0 Å². The van der Waals surface area contributed by atoms with Crippen molar-refractivity contribution in [1.82, 2.24) is 15.1 Å². The number of aryl methyl sites for hydroxylation is 1. The van der Waals surface area contributed by atoms with E-state index >= 15 is 0 Å². The first-order valence-electron chi connectivity index (χ1n) is 7.21. The Morgan fingerprint density at radius 1 is 1.40 bits per heavy atom. The SMILES string of the molecule is CCC(NCc1cn(C)nc1C(C)(C)C)c1cccs1. The summed E-state index contributed by atoms with van der Waals surface area (Å²) in [4.78, 5) is 1.41. The minimum absolute atomic E-state index is 0.0862. The number of hydrogen-bond acceptors (Lipinski definition) is 3. The molecular weight excluding hydrogens is 266 g/mol. The van der Waals surface area contributed by atoms with E-state index in [-0.39, 0.29) is 5.41 Å². The lowest BCUT2D eigenvalue weighted by Gasteiger charge is -2.20. The average Bonchev–Trinajstić information content (AvgIpc) is 2.99. The molecule has 0 saturated carbocycles. The van der Waals surface area contributed by atoms with Crippen LogP contribution in [-0.4, -0.2) is 9.78 Å². The van der Waals surface area contributed by atoms with E-state index in [1.165, 1.54) is 16.1 Å². The zero-order valence-electron chi connectivity index (χ0n) is 13.1. The fourth-order valence-electron chi connectivity index (χ4n) is 2.47. The topological polar surface area (TPSA) is 29.9 Å². The highest BCUT2D eigenvalue weighted by Gasteiger charge is 2.22. The van der Waals surface area contributed by atoms with Crippen LogP contribution in [0.2, 0.25) is 0 Å². The van der Waals surface area contributed by atoms with Crippen LogP contribution in [-0.2, 0) is 19.0 Å². The van der Waals surface area contributed by atoms with E-state index in [9.17, 15) is 0 Å². The van der Waals surface area contributed by atoms with Gasteiger partial charge in [-0.3, -0.25) is 4.68 Å². The first-order chi connectivity index (χ1) is 9.41. The number of rotatable bonds is 5. The average molecular weight is 291 g/mol. The predicted molar refractivity (Wildman–Crippen MR) is 86.1 cm³/mol. The molecule has 2 rings (SSSR count). The molecule has 1 atom stereocenters. The maximum absolute atomic E-state index is 4.63.